The lowest BCUT2D eigenvalue weighted by atomic mass is 10.0. The van der Waals surface area contributed by atoms with Gasteiger partial charge in [0.1, 0.15) is 5.69 Å². The Labute approximate surface area is 140 Å². The van der Waals surface area contributed by atoms with Gasteiger partial charge in [-0.15, -0.1) is 0 Å². The zero-order valence-corrected chi connectivity index (χ0v) is 13.6. The van der Waals surface area contributed by atoms with Crippen molar-refractivity contribution in [3.8, 4) is 22.4 Å². The fraction of sp³-hybridized carbons (Fsp3) is 0.158. The number of hydrogen-bond donors (Lipinski definition) is 0. The van der Waals surface area contributed by atoms with E-state index in [0.29, 0.717) is 13.2 Å². The van der Waals surface area contributed by atoms with Gasteiger partial charge in [0.05, 0.1) is 13.2 Å². The minimum absolute atomic E-state index is 0.489. The summed E-state index contributed by atoms with van der Waals surface area (Å²) in [5.74, 6) is 0. The molecular formula is C19H17N2OS. The summed E-state index contributed by atoms with van der Waals surface area (Å²) in [5.41, 5.74) is 4.67. The third kappa shape index (κ3) is 2.69. The van der Waals surface area contributed by atoms with Crippen LogP contribution in [0, 0.1) is 6.92 Å². The lowest BCUT2D eigenvalue weighted by Gasteiger charge is -2.06. The molecule has 1 radical (unpaired) electrons. The van der Waals surface area contributed by atoms with Crippen molar-refractivity contribution in [1.82, 2.24) is 9.78 Å². The topological polar surface area (TPSA) is 27.1 Å². The number of benzene rings is 2. The van der Waals surface area contributed by atoms with Crippen LogP contribution < -0.4 is 0 Å². The Balaban J connectivity index is 1.85. The molecule has 0 saturated heterocycles. The van der Waals surface area contributed by atoms with E-state index in [4.69, 9.17) is 9.84 Å². The summed E-state index contributed by atoms with van der Waals surface area (Å²) < 4.78 is 7.33. The second kappa shape index (κ2) is 6.22. The Morgan fingerprint density at radius 3 is 2.43 bits per heavy atom. The van der Waals surface area contributed by atoms with E-state index in [1.165, 1.54) is 26.5 Å². The van der Waals surface area contributed by atoms with Crippen LogP contribution in [0.4, 0.5) is 0 Å². The molecule has 4 rings (SSSR count). The van der Waals surface area contributed by atoms with Crippen LogP contribution in [0.15, 0.2) is 64.5 Å². The number of fused-ring (bicyclic) bond motifs is 5. The summed E-state index contributed by atoms with van der Waals surface area (Å²) in [5, 5.41) is 4.83. The number of ether oxygens (including phenoxy) is 1. The van der Waals surface area contributed by atoms with Crippen molar-refractivity contribution < 1.29 is 4.74 Å². The molecule has 0 amide bonds. The zero-order chi connectivity index (χ0) is 15.6. The average Bonchev–Trinajstić information content (AvgIpc) is 2.95. The van der Waals surface area contributed by atoms with Gasteiger partial charge in [-0.2, -0.15) is 5.10 Å². The molecule has 1 aliphatic heterocycles. The summed E-state index contributed by atoms with van der Waals surface area (Å²) in [4.78, 5) is 2.52. The summed E-state index contributed by atoms with van der Waals surface area (Å²) >= 11 is 1.81. The van der Waals surface area contributed by atoms with E-state index in [1.54, 1.807) is 0 Å². The SMILES string of the molecule is [CH2]COCCn1cc2c(n1)-c1ccccc1Sc1ccccc1-2. The van der Waals surface area contributed by atoms with E-state index >= 15 is 0 Å². The molecule has 1 aromatic heterocycles. The smallest absolute Gasteiger partial charge is 0.101 e. The third-order valence-corrected chi connectivity index (χ3v) is 5.06. The van der Waals surface area contributed by atoms with E-state index in [9.17, 15) is 0 Å². The van der Waals surface area contributed by atoms with Gasteiger partial charge in [0.15, 0.2) is 0 Å². The molecule has 0 atom stereocenters. The van der Waals surface area contributed by atoms with Gasteiger partial charge in [0.25, 0.3) is 0 Å². The van der Waals surface area contributed by atoms with Crippen molar-refractivity contribution in [3.05, 3.63) is 61.7 Å². The number of nitrogens with zero attached hydrogens (tertiary/aromatic N) is 2. The Bertz CT molecular complexity index is 778. The highest BCUT2D eigenvalue weighted by Crippen LogP contribution is 2.46. The molecule has 3 nitrogen and oxygen atoms in total. The van der Waals surface area contributed by atoms with Crippen LogP contribution in [0.5, 0.6) is 0 Å². The van der Waals surface area contributed by atoms with Crippen molar-refractivity contribution in [3.63, 3.8) is 0 Å². The van der Waals surface area contributed by atoms with Gasteiger partial charge < -0.3 is 4.74 Å². The Morgan fingerprint density at radius 1 is 0.957 bits per heavy atom. The van der Waals surface area contributed by atoms with Gasteiger partial charge in [0, 0.05) is 33.7 Å². The third-order valence-electron chi connectivity index (χ3n) is 3.91. The quantitative estimate of drug-likeness (QED) is 0.517. The molecule has 0 bridgehead atoms. The molecule has 23 heavy (non-hydrogen) atoms. The number of hydrogen-bond acceptors (Lipinski definition) is 3. The molecule has 115 valence electrons. The van der Waals surface area contributed by atoms with E-state index < -0.39 is 0 Å². The molecule has 2 heterocycles. The van der Waals surface area contributed by atoms with Crippen LogP contribution in [0.3, 0.4) is 0 Å². The first-order valence-electron chi connectivity index (χ1n) is 7.68. The fourth-order valence-electron chi connectivity index (χ4n) is 2.84. The van der Waals surface area contributed by atoms with Crippen LogP contribution in [0.1, 0.15) is 0 Å². The van der Waals surface area contributed by atoms with Gasteiger partial charge in [-0.05, 0) is 24.6 Å². The average molecular weight is 321 g/mol. The molecule has 4 heteroatoms. The van der Waals surface area contributed by atoms with Gasteiger partial charge in [-0.3, -0.25) is 4.68 Å². The van der Waals surface area contributed by atoms with Crippen LogP contribution in [0.2, 0.25) is 0 Å². The molecule has 0 saturated carbocycles. The van der Waals surface area contributed by atoms with Crippen LogP contribution in [-0.4, -0.2) is 23.0 Å². The van der Waals surface area contributed by atoms with E-state index in [1.807, 2.05) is 16.4 Å². The lowest BCUT2D eigenvalue weighted by molar-refractivity contribution is 0.149. The first-order valence-corrected chi connectivity index (χ1v) is 8.49. The molecule has 3 aromatic rings. The highest BCUT2D eigenvalue weighted by molar-refractivity contribution is 7.99. The maximum absolute atomic E-state index is 5.36. The monoisotopic (exact) mass is 321 g/mol. The second-order valence-electron chi connectivity index (χ2n) is 5.36. The van der Waals surface area contributed by atoms with Crippen LogP contribution in [0.25, 0.3) is 22.4 Å². The maximum atomic E-state index is 5.36. The Hall–Kier alpha value is -2.04. The molecule has 1 aliphatic rings. The Kier molecular flexibility index (Phi) is 3.93. The number of rotatable bonds is 4. The van der Waals surface area contributed by atoms with Gasteiger partial charge >= 0.3 is 0 Å². The normalized spacial score (nSPS) is 12.2. The van der Waals surface area contributed by atoms with E-state index in [2.05, 4.69) is 61.7 Å². The van der Waals surface area contributed by atoms with Crippen molar-refractivity contribution in [2.24, 2.45) is 0 Å². The first kappa shape index (κ1) is 14.5. The van der Waals surface area contributed by atoms with Crippen molar-refractivity contribution in [2.75, 3.05) is 13.2 Å². The molecule has 0 spiro atoms. The molecule has 0 N–H and O–H groups in total. The van der Waals surface area contributed by atoms with E-state index in [0.717, 1.165) is 12.2 Å². The molecule has 0 fully saturated rings. The standard InChI is InChI=1S/C19H17N2OS/c1-2-22-12-11-21-13-16-14-7-3-5-9-17(14)23-18-10-6-4-8-15(18)19(16)20-21/h3-10,13H,1-2,11-12H2. The molecule has 2 aromatic carbocycles. The summed E-state index contributed by atoms with van der Waals surface area (Å²) in [7, 11) is 0. The lowest BCUT2D eigenvalue weighted by Crippen LogP contribution is -2.06. The highest BCUT2D eigenvalue weighted by atomic mass is 32.2. The molecular weight excluding hydrogens is 304 g/mol. The minimum Gasteiger partial charge on any atom is -0.380 e. The van der Waals surface area contributed by atoms with Crippen molar-refractivity contribution >= 4 is 11.8 Å². The minimum atomic E-state index is 0.489. The summed E-state index contributed by atoms with van der Waals surface area (Å²) in [6, 6.07) is 17.0. The maximum Gasteiger partial charge on any atom is 0.101 e. The molecule has 0 unspecified atom stereocenters. The van der Waals surface area contributed by atoms with Gasteiger partial charge in [0.2, 0.25) is 0 Å². The second-order valence-corrected chi connectivity index (χ2v) is 6.44. The van der Waals surface area contributed by atoms with E-state index in [-0.39, 0.29) is 0 Å². The largest absolute Gasteiger partial charge is 0.380 e. The predicted molar refractivity (Wildman–Crippen MR) is 93.4 cm³/mol. The molecule has 0 aliphatic carbocycles. The van der Waals surface area contributed by atoms with Gasteiger partial charge in [-0.25, -0.2) is 0 Å². The van der Waals surface area contributed by atoms with Crippen molar-refractivity contribution in [1.29, 1.82) is 0 Å². The van der Waals surface area contributed by atoms with Crippen LogP contribution >= 0.6 is 11.8 Å². The number of aromatic nitrogens is 2. The zero-order valence-electron chi connectivity index (χ0n) is 12.7. The summed E-state index contributed by atoms with van der Waals surface area (Å²) in [6.45, 7) is 5.55. The predicted octanol–water partition coefficient (Wildman–Crippen LogP) is 4.53. The van der Waals surface area contributed by atoms with Gasteiger partial charge in [-0.1, -0.05) is 48.2 Å². The Morgan fingerprint density at radius 2 is 1.65 bits per heavy atom. The van der Waals surface area contributed by atoms with Crippen LogP contribution in [-0.2, 0) is 11.3 Å². The first-order chi connectivity index (χ1) is 11.4. The fourth-order valence-corrected chi connectivity index (χ4v) is 3.93. The summed E-state index contributed by atoms with van der Waals surface area (Å²) in [6.07, 6.45) is 2.13. The highest BCUT2D eigenvalue weighted by Gasteiger charge is 2.22. The van der Waals surface area contributed by atoms with Crippen molar-refractivity contribution in [2.45, 2.75) is 16.3 Å².